The number of nitrogens with zero attached hydrogens (tertiary/aromatic N) is 1. The lowest BCUT2D eigenvalue weighted by atomic mass is 9.90. The Bertz CT molecular complexity index is 613. The third-order valence-corrected chi connectivity index (χ3v) is 5.02. The SMILES string of the molecule is CC(C(=O)Nc1ccc2c(c1)OCCCO2)N1CCC(C)(CN)C1.Cl. The zero-order valence-electron chi connectivity index (χ0n) is 14.9. The molecule has 0 bridgehead atoms. The summed E-state index contributed by atoms with van der Waals surface area (Å²) in [6, 6.07) is 5.35. The Morgan fingerprint density at radius 3 is 2.76 bits per heavy atom. The summed E-state index contributed by atoms with van der Waals surface area (Å²) in [7, 11) is 0. The van der Waals surface area contributed by atoms with Crippen molar-refractivity contribution in [2.24, 2.45) is 11.1 Å². The van der Waals surface area contributed by atoms with Gasteiger partial charge >= 0.3 is 0 Å². The number of anilines is 1. The van der Waals surface area contributed by atoms with Crippen LogP contribution in [0.15, 0.2) is 18.2 Å². The molecule has 140 valence electrons. The lowest BCUT2D eigenvalue weighted by Crippen LogP contribution is -2.42. The first kappa shape index (κ1) is 19.8. The van der Waals surface area contributed by atoms with Gasteiger partial charge < -0.3 is 20.5 Å². The first-order valence-corrected chi connectivity index (χ1v) is 8.65. The maximum absolute atomic E-state index is 12.6. The molecule has 0 saturated carbocycles. The second-order valence-corrected chi connectivity index (χ2v) is 7.11. The maximum atomic E-state index is 12.6. The molecule has 3 rings (SSSR count). The number of likely N-dealkylation sites (tertiary alicyclic amines) is 1. The van der Waals surface area contributed by atoms with Crippen LogP contribution < -0.4 is 20.5 Å². The van der Waals surface area contributed by atoms with Crippen molar-refractivity contribution in [3.05, 3.63) is 18.2 Å². The van der Waals surface area contributed by atoms with E-state index in [2.05, 4.69) is 17.1 Å². The first-order valence-electron chi connectivity index (χ1n) is 8.65. The van der Waals surface area contributed by atoms with E-state index in [1.54, 1.807) is 0 Å². The predicted octanol–water partition coefficient (Wildman–Crippen LogP) is 2.27. The van der Waals surface area contributed by atoms with E-state index in [9.17, 15) is 4.79 Å². The number of amides is 1. The van der Waals surface area contributed by atoms with Crippen molar-refractivity contribution in [3.63, 3.8) is 0 Å². The molecule has 6 nitrogen and oxygen atoms in total. The topological polar surface area (TPSA) is 76.8 Å². The van der Waals surface area contributed by atoms with Crippen LogP contribution in [-0.4, -0.2) is 49.7 Å². The Kier molecular flexibility index (Phi) is 6.54. The Morgan fingerprint density at radius 1 is 1.36 bits per heavy atom. The van der Waals surface area contributed by atoms with E-state index in [0.717, 1.165) is 37.4 Å². The van der Waals surface area contributed by atoms with E-state index in [4.69, 9.17) is 15.2 Å². The van der Waals surface area contributed by atoms with E-state index in [1.807, 2.05) is 25.1 Å². The van der Waals surface area contributed by atoms with Crippen molar-refractivity contribution in [1.29, 1.82) is 0 Å². The van der Waals surface area contributed by atoms with Crippen LogP contribution in [0.1, 0.15) is 26.7 Å². The molecule has 1 amide bonds. The molecule has 0 spiro atoms. The Morgan fingerprint density at radius 2 is 2.08 bits per heavy atom. The second kappa shape index (κ2) is 8.25. The molecule has 7 heteroatoms. The molecule has 1 aromatic carbocycles. The van der Waals surface area contributed by atoms with Crippen LogP contribution in [0.3, 0.4) is 0 Å². The summed E-state index contributed by atoms with van der Waals surface area (Å²) in [6.45, 7) is 7.83. The standard InChI is InChI=1S/C18H27N3O3.ClH/c1-13(21-7-6-18(2,11-19)12-21)17(22)20-14-4-5-15-16(10-14)24-9-3-8-23-15;/h4-5,10,13H,3,6-9,11-12,19H2,1-2H3,(H,20,22);1H. The number of hydrogen-bond acceptors (Lipinski definition) is 5. The van der Waals surface area contributed by atoms with E-state index in [-0.39, 0.29) is 29.8 Å². The molecule has 2 atom stereocenters. The average molecular weight is 370 g/mol. The molecule has 0 aromatic heterocycles. The van der Waals surface area contributed by atoms with E-state index < -0.39 is 0 Å². The van der Waals surface area contributed by atoms with Crippen molar-refractivity contribution in [3.8, 4) is 11.5 Å². The van der Waals surface area contributed by atoms with E-state index in [1.165, 1.54) is 0 Å². The molecular formula is C18H28ClN3O3. The van der Waals surface area contributed by atoms with E-state index >= 15 is 0 Å². The van der Waals surface area contributed by atoms with Crippen molar-refractivity contribution in [2.45, 2.75) is 32.7 Å². The number of halogens is 1. The third kappa shape index (κ3) is 4.57. The van der Waals surface area contributed by atoms with Gasteiger partial charge in [-0.25, -0.2) is 0 Å². The van der Waals surface area contributed by atoms with Crippen molar-refractivity contribution >= 4 is 24.0 Å². The lowest BCUT2D eigenvalue weighted by molar-refractivity contribution is -0.120. The summed E-state index contributed by atoms with van der Waals surface area (Å²) in [5, 5.41) is 2.99. The summed E-state index contributed by atoms with van der Waals surface area (Å²) in [4.78, 5) is 14.8. The van der Waals surface area contributed by atoms with Gasteiger partial charge in [-0.05, 0) is 44.0 Å². The maximum Gasteiger partial charge on any atom is 0.241 e. The van der Waals surface area contributed by atoms with Gasteiger partial charge in [-0.15, -0.1) is 12.4 Å². The molecule has 2 unspecified atom stereocenters. The van der Waals surface area contributed by atoms with Crippen molar-refractivity contribution in [2.75, 3.05) is 38.2 Å². The number of ether oxygens (including phenoxy) is 2. The quantitative estimate of drug-likeness (QED) is 0.851. The van der Waals surface area contributed by atoms with Crippen molar-refractivity contribution in [1.82, 2.24) is 4.90 Å². The van der Waals surface area contributed by atoms with Gasteiger partial charge in [-0.1, -0.05) is 6.92 Å². The number of carbonyl (C=O) groups excluding carboxylic acids is 1. The normalized spacial score (nSPS) is 24.1. The summed E-state index contributed by atoms with van der Waals surface area (Å²) >= 11 is 0. The highest BCUT2D eigenvalue weighted by Crippen LogP contribution is 2.33. The van der Waals surface area contributed by atoms with Crippen LogP contribution in [0, 0.1) is 5.41 Å². The Labute approximate surface area is 155 Å². The molecule has 1 saturated heterocycles. The van der Waals surface area contributed by atoms with Crippen LogP contribution in [0.5, 0.6) is 11.5 Å². The lowest BCUT2D eigenvalue weighted by Gasteiger charge is -2.26. The molecular weight excluding hydrogens is 342 g/mol. The molecule has 1 fully saturated rings. The van der Waals surface area contributed by atoms with Crippen LogP contribution in [0.25, 0.3) is 0 Å². The fourth-order valence-corrected chi connectivity index (χ4v) is 3.21. The molecule has 25 heavy (non-hydrogen) atoms. The summed E-state index contributed by atoms with van der Waals surface area (Å²) in [5.74, 6) is 1.41. The molecule has 2 heterocycles. The fourth-order valence-electron chi connectivity index (χ4n) is 3.21. The van der Waals surface area contributed by atoms with Gasteiger partial charge in [0.1, 0.15) is 0 Å². The molecule has 3 N–H and O–H groups in total. The number of benzene rings is 1. The van der Waals surface area contributed by atoms with Gasteiger partial charge in [0, 0.05) is 24.7 Å². The average Bonchev–Trinajstić information content (AvgIpc) is 2.83. The highest BCUT2D eigenvalue weighted by Gasteiger charge is 2.36. The van der Waals surface area contributed by atoms with Crippen LogP contribution in [-0.2, 0) is 4.79 Å². The van der Waals surface area contributed by atoms with Gasteiger partial charge in [0.25, 0.3) is 0 Å². The summed E-state index contributed by atoms with van der Waals surface area (Å²) in [5.41, 5.74) is 6.70. The highest BCUT2D eigenvalue weighted by molar-refractivity contribution is 5.94. The fraction of sp³-hybridized carbons (Fsp3) is 0.611. The van der Waals surface area contributed by atoms with E-state index in [0.29, 0.717) is 25.5 Å². The van der Waals surface area contributed by atoms with Gasteiger partial charge in [0.2, 0.25) is 5.91 Å². The van der Waals surface area contributed by atoms with Gasteiger partial charge in [0.15, 0.2) is 11.5 Å². The smallest absolute Gasteiger partial charge is 0.241 e. The van der Waals surface area contributed by atoms with Crippen LogP contribution in [0.2, 0.25) is 0 Å². The number of carbonyl (C=O) groups is 1. The number of fused-ring (bicyclic) bond motifs is 1. The molecule has 2 aliphatic rings. The largest absolute Gasteiger partial charge is 0.490 e. The minimum atomic E-state index is -0.186. The summed E-state index contributed by atoms with van der Waals surface area (Å²) < 4.78 is 11.3. The van der Waals surface area contributed by atoms with Crippen molar-refractivity contribution < 1.29 is 14.3 Å². The minimum absolute atomic E-state index is 0. The molecule has 0 aliphatic carbocycles. The number of nitrogens with one attached hydrogen (secondary N) is 1. The monoisotopic (exact) mass is 369 g/mol. The number of hydrogen-bond donors (Lipinski definition) is 2. The van der Waals surface area contributed by atoms with Gasteiger partial charge in [-0.3, -0.25) is 9.69 Å². The molecule has 1 aromatic rings. The first-order chi connectivity index (χ1) is 11.5. The Hall–Kier alpha value is -1.50. The van der Waals surface area contributed by atoms with Crippen LogP contribution >= 0.6 is 12.4 Å². The highest BCUT2D eigenvalue weighted by atomic mass is 35.5. The molecule has 2 aliphatic heterocycles. The van der Waals surface area contributed by atoms with Crippen LogP contribution in [0.4, 0.5) is 5.69 Å². The second-order valence-electron chi connectivity index (χ2n) is 7.11. The third-order valence-electron chi connectivity index (χ3n) is 5.02. The van der Waals surface area contributed by atoms with Gasteiger partial charge in [-0.2, -0.15) is 0 Å². The Balaban J connectivity index is 0.00000225. The zero-order chi connectivity index (χ0) is 17.2. The minimum Gasteiger partial charge on any atom is -0.490 e. The number of nitrogens with two attached hydrogens (primary N) is 1. The molecule has 0 radical (unpaired) electrons. The van der Waals surface area contributed by atoms with Gasteiger partial charge in [0.05, 0.1) is 19.3 Å². The predicted molar refractivity (Wildman–Crippen MR) is 101 cm³/mol. The number of rotatable bonds is 4. The summed E-state index contributed by atoms with van der Waals surface area (Å²) in [6.07, 6.45) is 1.90. The zero-order valence-corrected chi connectivity index (χ0v) is 15.7.